The van der Waals surface area contributed by atoms with Crippen LogP contribution in [-0.2, 0) is 16.6 Å². The number of aryl methyl sites for hydroxylation is 6. The molecule has 3 N–H and O–H groups in total. The van der Waals surface area contributed by atoms with E-state index < -0.39 is 0 Å². The number of aromatic nitrogens is 16. The number of fused-ring (bicyclic) bond motifs is 9. The highest BCUT2D eigenvalue weighted by molar-refractivity contribution is 7.00. The van der Waals surface area contributed by atoms with E-state index in [0.717, 1.165) is 135 Å². The topological polar surface area (TPSA) is 237 Å². The molecule has 9 heterocycles. The lowest BCUT2D eigenvalue weighted by molar-refractivity contribution is 0.174. The van der Waals surface area contributed by atoms with Gasteiger partial charge in [-0.05, 0) is 145 Å². The van der Waals surface area contributed by atoms with Crippen molar-refractivity contribution in [1.82, 2.24) is 78.0 Å². The molecular formula is C54H49N19O2S. The molecule has 7 aliphatic rings. The van der Waals surface area contributed by atoms with Crippen LogP contribution in [0.4, 0.5) is 34.9 Å². The standard InChI is InChI=1S/C19H17N7.C18H17N5O2.C17H15N7S/c1-10-5-15-16(21-4-3-20-15)6-14(10)23-18-22-9-13-11(2)25-26(17(13)24-18)19-7-12(19)8-19;1-9-3-14-15(25-8-24-14)4-13(9)20-17-19-7-12-10(2)22-23(16(12)21-17)18-5-11(18)6-18;1-8-3-13-14(23-25-22-13)4-12(8)19-16-18-7-11-9(2)21-24(15(11)20-16)17-5-10(17)6-17/h3-6,9,12H,7-8H2,1-2H3,(H,22,23,24);3-4,7,11H,5-6,8H2,1-2H3,(H,19,20,21);3-4,7,10H,5-6H2,1-2H3,(H,18,19,20). The summed E-state index contributed by atoms with van der Waals surface area (Å²) in [7, 11) is 0. The second-order valence-electron chi connectivity index (χ2n) is 21.9. The zero-order valence-electron chi connectivity index (χ0n) is 42.4. The van der Waals surface area contributed by atoms with Crippen molar-refractivity contribution >= 4 is 102 Å². The molecule has 1 aliphatic heterocycles. The maximum atomic E-state index is 5.47. The lowest BCUT2D eigenvalue weighted by Crippen LogP contribution is -2.10. The van der Waals surface area contributed by atoms with E-state index in [9.17, 15) is 0 Å². The summed E-state index contributed by atoms with van der Waals surface area (Å²) in [6.07, 6.45) is 16.4. The lowest BCUT2D eigenvalue weighted by Gasteiger charge is -2.10. The average Bonchev–Trinajstić information content (AvgIpc) is 4.44. The summed E-state index contributed by atoms with van der Waals surface area (Å²) < 4.78 is 25.9. The SMILES string of the molecule is Cc1cc2c(cc1Nc1ncc3c(C)nn(C45CC4C5)c3n1)OCO2.Cc1cc2nccnc2cc1Nc1ncc2c(C)nn(C34CC3C4)c2n1.Cc1cc2nsnc2cc1Nc1ncc2c(C)nn(C34CC3C4)c2n1. The number of benzene rings is 3. The van der Waals surface area contributed by atoms with Crippen LogP contribution in [0.2, 0.25) is 0 Å². The van der Waals surface area contributed by atoms with E-state index in [1.54, 1.807) is 12.4 Å². The van der Waals surface area contributed by atoms with Gasteiger partial charge in [0.25, 0.3) is 0 Å². The molecule has 6 saturated carbocycles. The first-order valence-electron chi connectivity index (χ1n) is 25.8. The molecule has 0 atom stereocenters. The van der Waals surface area contributed by atoms with Gasteiger partial charge in [-0.25, -0.2) is 29.0 Å². The molecule has 0 unspecified atom stereocenters. The molecule has 6 fully saturated rings. The quantitative estimate of drug-likeness (QED) is 0.122. The Balaban J connectivity index is 0.0000000962. The van der Waals surface area contributed by atoms with Gasteiger partial charge in [-0.2, -0.15) is 39.0 Å². The van der Waals surface area contributed by atoms with E-state index in [2.05, 4.69) is 63.7 Å². The van der Waals surface area contributed by atoms with E-state index in [1.165, 1.54) is 50.3 Å². The third-order valence-corrected chi connectivity index (χ3v) is 17.4. The van der Waals surface area contributed by atoms with Crippen LogP contribution in [0.3, 0.4) is 0 Å². The molecule has 0 amide bonds. The number of ether oxygens (including phenoxy) is 2. The Hall–Kier alpha value is -8.53. The summed E-state index contributed by atoms with van der Waals surface area (Å²) in [4.78, 5) is 36.5. The Morgan fingerprint density at radius 1 is 0.461 bits per heavy atom. The fourth-order valence-corrected chi connectivity index (χ4v) is 11.7. The number of nitrogens with zero attached hydrogens (tertiary/aromatic N) is 16. The molecular weight excluding hydrogens is 979 g/mol. The zero-order chi connectivity index (χ0) is 51.0. The summed E-state index contributed by atoms with van der Waals surface area (Å²) in [6.45, 7) is 12.5. The molecule has 18 rings (SSSR count). The Morgan fingerprint density at radius 3 is 1.25 bits per heavy atom. The average molecular weight is 1030 g/mol. The van der Waals surface area contributed by atoms with Gasteiger partial charge >= 0.3 is 0 Å². The highest BCUT2D eigenvalue weighted by atomic mass is 32.1. The minimum atomic E-state index is 0.257. The molecule has 11 aromatic rings. The van der Waals surface area contributed by atoms with Gasteiger partial charge in [-0.3, -0.25) is 9.97 Å². The van der Waals surface area contributed by atoms with E-state index >= 15 is 0 Å². The van der Waals surface area contributed by atoms with Crippen LogP contribution in [0.1, 0.15) is 72.3 Å². The largest absolute Gasteiger partial charge is 0.454 e. The van der Waals surface area contributed by atoms with Gasteiger partial charge in [0.1, 0.15) is 11.0 Å². The van der Waals surface area contributed by atoms with Crippen LogP contribution >= 0.6 is 11.7 Å². The summed E-state index contributed by atoms with van der Waals surface area (Å²) in [5, 5.41) is 27.3. The zero-order valence-corrected chi connectivity index (χ0v) is 43.2. The Kier molecular flexibility index (Phi) is 8.82. The van der Waals surface area contributed by atoms with Crippen molar-refractivity contribution in [2.24, 2.45) is 17.8 Å². The second-order valence-corrected chi connectivity index (χ2v) is 22.5. The van der Waals surface area contributed by atoms with Crippen molar-refractivity contribution in [2.75, 3.05) is 22.7 Å². The smallest absolute Gasteiger partial charge is 0.231 e. The molecule has 378 valence electrons. The summed E-state index contributed by atoms with van der Waals surface area (Å²) in [6, 6.07) is 12.0. The minimum absolute atomic E-state index is 0.257. The van der Waals surface area contributed by atoms with Crippen molar-refractivity contribution in [3.05, 3.63) is 101 Å². The van der Waals surface area contributed by atoms with Crippen molar-refractivity contribution in [3.8, 4) is 11.5 Å². The van der Waals surface area contributed by atoms with Crippen molar-refractivity contribution in [1.29, 1.82) is 0 Å². The molecule has 0 saturated heterocycles. The molecule has 6 aliphatic carbocycles. The van der Waals surface area contributed by atoms with Gasteiger partial charge in [0.2, 0.25) is 24.6 Å². The fourth-order valence-electron chi connectivity index (χ4n) is 11.2. The Morgan fingerprint density at radius 2 is 0.816 bits per heavy atom. The van der Waals surface area contributed by atoms with E-state index in [1.807, 2.05) is 96.5 Å². The van der Waals surface area contributed by atoms with Gasteiger partial charge in [-0.1, -0.05) is 0 Å². The molecule has 0 bridgehead atoms. The molecule has 76 heavy (non-hydrogen) atoms. The van der Waals surface area contributed by atoms with E-state index in [0.29, 0.717) is 17.8 Å². The van der Waals surface area contributed by atoms with Gasteiger partial charge in [0, 0.05) is 54.1 Å². The van der Waals surface area contributed by atoms with Gasteiger partial charge < -0.3 is 25.4 Å². The summed E-state index contributed by atoms with van der Waals surface area (Å²) in [5.41, 5.74) is 16.1. The number of anilines is 6. The maximum Gasteiger partial charge on any atom is 0.231 e. The van der Waals surface area contributed by atoms with E-state index in [-0.39, 0.29) is 23.4 Å². The molecule has 22 heteroatoms. The lowest BCUT2D eigenvalue weighted by atomic mass is 10.1. The van der Waals surface area contributed by atoms with Crippen molar-refractivity contribution in [3.63, 3.8) is 0 Å². The van der Waals surface area contributed by atoms with Crippen LogP contribution in [0, 0.1) is 59.3 Å². The summed E-state index contributed by atoms with van der Waals surface area (Å²) >= 11 is 1.23. The van der Waals surface area contributed by atoms with Crippen molar-refractivity contribution in [2.45, 2.75) is 96.7 Å². The minimum Gasteiger partial charge on any atom is -0.454 e. The Bertz CT molecular complexity index is 4290. The van der Waals surface area contributed by atoms with Crippen LogP contribution in [0.15, 0.2) is 67.4 Å². The van der Waals surface area contributed by atoms with Gasteiger partial charge in [-0.15, -0.1) is 0 Å². The first-order valence-corrected chi connectivity index (χ1v) is 26.5. The third-order valence-electron chi connectivity index (χ3n) is 16.9. The van der Waals surface area contributed by atoms with Crippen LogP contribution in [0.25, 0.3) is 55.2 Å². The fraction of sp³-hybridized carbons (Fsp3) is 0.352. The molecule has 0 radical (unpaired) electrons. The number of hydrogen-bond donors (Lipinski definition) is 3. The first kappa shape index (κ1) is 43.8. The normalized spacial score (nSPS) is 24.1. The van der Waals surface area contributed by atoms with Crippen LogP contribution in [-0.4, -0.2) is 84.8 Å². The number of hydrogen-bond acceptors (Lipinski definition) is 19. The van der Waals surface area contributed by atoms with Crippen molar-refractivity contribution < 1.29 is 9.47 Å². The highest BCUT2D eigenvalue weighted by Gasteiger charge is 2.74. The molecule has 8 aromatic heterocycles. The predicted octanol–water partition coefficient (Wildman–Crippen LogP) is 9.59. The molecule has 21 nitrogen and oxygen atoms in total. The third kappa shape index (κ3) is 6.84. The van der Waals surface area contributed by atoms with E-state index in [4.69, 9.17) is 39.7 Å². The van der Waals surface area contributed by atoms with Gasteiger partial charge in [0.05, 0.1) is 72.6 Å². The maximum absolute atomic E-state index is 5.47. The molecule has 3 aromatic carbocycles. The Labute approximate surface area is 437 Å². The second kappa shape index (κ2) is 15.3. The van der Waals surface area contributed by atoms with Crippen LogP contribution < -0.4 is 25.4 Å². The first-order chi connectivity index (χ1) is 36.9. The summed E-state index contributed by atoms with van der Waals surface area (Å²) in [5.74, 6) is 5.68. The highest BCUT2D eigenvalue weighted by Crippen LogP contribution is 2.74. The van der Waals surface area contributed by atoms with Gasteiger partial charge in [0.15, 0.2) is 28.4 Å². The predicted molar refractivity (Wildman–Crippen MR) is 286 cm³/mol. The van der Waals surface area contributed by atoms with Crippen LogP contribution in [0.5, 0.6) is 11.5 Å². The molecule has 0 spiro atoms. The number of rotatable bonds is 9. The monoisotopic (exact) mass is 1030 g/mol. The number of nitrogens with one attached hydrogen (secondary N) is 3.